The third-order valence-corrected chi connectivity index (χ3v) is 1.39. The Balaban J connectivity index is 0.000000213. The van der Waals surface area contributed by atoms with Gasteiger partial charge in [0.05, 0.1) is 5.69 Å². The minimum Gasteiger partial charge on any atom is -0.760 e. The van der Waals surface area contributed by atoms with Gasteiger partial charge in [-0.2, -0.15) is 0 Å². The highest BCUT2D eigenvalue weighted by Gasteiger charge is 2.01. The summed E-state index contributed by atoms with van der Waals surface area (Å²) in [6.07, 6.45) is 3.39. The Bertz CT molecular complexity index is 323. The molecule has 0 saturated heterocycles. The summed E-state index contributed by atoms with van der Waals surface area (Å²) < 4.78 is 22.7. The van der Waals surface area contributed by atoms with E-state index in [1.807, 2.05) is 24.3 Å². The van der Waals surface area contributed by atoms with E-state index >= 15 is 0 Å². The van der Waals surface area contributed by atoms with Crippen LogP contribution in [0.3, 0.4) is 0 Å². The van der Waals surface area contributed by atoms with Crippen LogP contribution in [0.25, 0.3) is 0 Å². The molecule has 1 aromatic rings. The van der Waals surface area contributed by atoms with Crippen molar-refractivity contribution in [3.63, 3.8) is 0 Å². The van der Waals surface area contributed by atoms with Crippen molar-refractivity contribution in [1.29, 1.82) is 0 Å². The van der Waals surface area contributed by atoms with Crippen LogP contribution in [-0.4, -0.2) is 8.76 Å². The minimum absolute atomic E-state index is 0.880. The third kappa shape index (κ3) is 3.56. The fourth-order valence-corrected chi connectivity index (χ4v) is 0.920. The molecular weight excluding hydrogens is 204 g/mol. The number of benzene rings is 1. The molecule has 3 N–H and O–H groups in total. The van der Waals surface area contributed by atoms with Crippen LogP contribution in [-0.2, 0) is 11.3 Å². The Morgan fingerprint density at radius 2 is 2.07 bits per heavy atom. The average molecular weight is 213 g/mol. The van der Waals surface area contributed by atoms with Crippen molar-refractivity contribution >= 4 is 17.0 Å². The summed E-state index contributed by atoms with van der Waals surface area (Å²) in [5.41, 5.74) is 1.02. The first kappa shape index (κ1) is 10.7. The first-order valence-corrected chi connectivity index (χ1v) is 4.85. The number of hydrogen-bond donors (Lipinski definition) is 2. The van der Waals surface area contributed by atoms with Crippen LogP contribution in [0.1, 0.15) is 0 Å². The molecule has 0 spiro atoms. The van der Waals surface area contributed by atoms with E-state index in [2.05, 4.69) is 10.5 Å². The second kappa shape index (κ2) is 5.38. The maximum absolute atomic E-state index is 8.78. The smallest absolute Gasteiger partial charge is 0.150 e. The second-order valence-corrected chi connectivity index (χ2v) is 2.84. The van der Waals surface area contributed by atoms with E-state index in [-0.39, 0.29) is 0 Å². The van der Waals surface area contributed by atoms with E-state index in [9.17, 15) is 0 Å². The lowest BCUT2D eigenvalue weighted by Gasteiger charge is -2.11. The van der Waals surface area contributed by atoms with Crippen molar-refractivity contribution in [2.45, 2.75) is 0 Å². The van der Waals surface area contributed by atoms with Gasteiger partial charge in [-0.3, -0.25) is 9.35 Å². The molecule has 1 heterocycles. The predicted octanol–water partition coefficient (Wildman–Crippen LogP) is 0.701. The molecule has 1 aliphatic heterocycles. The Labute approximate surface area is 84.0 Å². The third-order valence-electron chi connectivity index (χ3n) is 1.39. The molecular formula is C8H9N2O3S-. The van der Waals surface area contributed by atoms with E-state index in [1.165, 1.54) is 0 Å². The van der Waals surface area contributed by atoms with Crippen molar-refractivity contribution < 1.29 is 13.5 Å². The molecule has 0 fully saturated rings. The van der Waals surface area contributed by atoms with Crippen molar-refractivity contribution in [2.24, 2.45) is 5.14 Å². The zero-order valence-corrected chi connectivity index (χ0v) is 7.99. The first-order chi connectivity index (χ1) is 6.70. The maximum Gasteiger partial charge on any atom is 0.150 e. The molecule has 1 aromatic carbocycles. The van der Waals surface area contributed by atoms with Crippen molar-refractivity contribution in [2.75, 3.05) is 5.32 Å². The monoisotopic (exact) mass is 213 g/mol. The fourth-order valence-electron chi connectivity index (χ4n) is 0.920. The number of para-hydroxylation sites is 2. The summed E-state index contributed by atoms with van der Waals surface area (Å²) in [6, 6.07) is 7.80. The van der Waals surface area contributed by atoms with Crippen LogP contribution in [0, 0.1) is 0 Å². The molecule has 1 unspecified atom stereocenters. The Morgan fingerprint density at radius 3 is 2.71 bits per heavy atom. The minimum atomic E-state index is -2.36. The largest absolute Gasteiger partial charge is 0.760 e. The Kier molecular flexibility index (Phi) is 4.11. The predicted molar refractivity (Wildman–Crippen MR) is 52.9 cm³/mol. The fraction of sp³-hybridized carbons (Fsp3) is 0. The Hall–Kier alpha value is -1.37. The van der Waals surface area contributed by atoms with Gasteiger partial charge in [-0.15, -0.1) is 0 Å². The second-order valence-electron chi connectivity index (χ2n) is 2.32. The number of nitrogens with two attached hydrogens (primary N) is 1. The summed E-state index contributed by atoms with van der Waals surface area (Å²) in [5.74, 6) is 0.880. The molecule has 14 heavy (non-hydrogen) atoms. The molecule has 76 valence electrons. The summed E-state index contributed by atoms with van der Waals surface area (Å²) in [6.45, 7) is 0. The number of ether oxygens (including phenoxy) is 1. The lowest BCUT2D eigenvalue weighted by atomic mass is 10.3. The molecule has 0 amide bonds. The maximum atomic E-state index is 8.78. The molecule has 0 radical (unpaired) electrons. The number of rotatable bonds is 0. The van der Waals surface area contributed by atoms with Crippen molar-refractivity contribution in [3.8, 4) is 5.75 Å². The zero-order valence-electron chi connectivity index (χ0n) is 7.17. The van der Waals surface area contributed by atoms with Gasteiger partial charge in [-0.25, -0.2) is 0 Å². The van der Waals surface area contributed by atoms with Gasteiger partial charge in [0.2, 0.25) is 0 Å². The molecule has 2 rings (SSSR count). The molecule has 5 nitrogen and oxygen atoms in total. The molecule has 0 aromatic heterocycles. The molecule has 1 aliphatic rings. The number of hydrogen-bond acceptors (Lipinski definition) is 4. The van der Waals surface area contributed by atoms with Gasteiger partial charge >= 0.3 is 0 Å². The molecule has 0 bridgehead atoms. The van der Waals surface area contributed by atoms with Gasteiger partial charge in [-0.1, -0.05) is 12.1 Å². The molecule has 1 atom stereocenters. The quantitative estimate of drug-likeness (QED) is 0.621. The molecule has 6 heteroatoms. The van der Waals surface area contributed by atoms with Crippen molar-refractivity contribution in [1.82, 2.24) is 0 Å². The van der Waals surface area contributed by atoms with Gasteiger partial charge in [-0.05, 0) is 12.1 Å². The van der Waals surface area contributed by atoms with E-state index in [4.69, 9.17) is 13.5 Å². The molecule has 0 saturated carbocycles. The van der Waals surface area contributed by atoms with Crippen LogP contribution >= 0.6 is 0 Å². The highest BCUT2D eigenvalue weighted by Crippen LogP contribution is 2.25. The van der Waals surface area contributed by atoms with E-state index in [0.29, 0.717) is 0 Å². The lowest BCUT2D eigenvalue weighted by Crippen LogP contribution is -1.97. The zero-order chi connectivity index (χ0) is 10.4. The van der Waals surface area contributed by atoms with E-state index in [1.54, 1.807) is 12.5 Å². The van der Waals surface area contributed by atoms with Gasteiger partial charge in [0.1, 0.15) is 12.0 Å². The van der Waals surface area contributed by atoms with Crippen molar-refractivity contribution in [3.05, 3.63) is 36.7 Å². The summed E-state index contributed by atoms with van der Waals surface area (Å²) >= 11 is -2.36. The summed E-state index contributed by atoms with van der Waals surface area (Å²) in [4.78, 5) is 0. The van der Waals surface area contributed by atoms with Gasteiger partial charge < -0.3 is 14.6 Å². The Morgan fingerprint density at radius 1 is 1.43 bits per heavy atom. The average Bonchev–Trinajstić information content (AvgIpc) is 2.17. The SMILES string of the molecule is C1=COc2ccccc2N1.NS(=O)[O-]. The standard InChI is InChI=1S/C8H7NO.H3NO2S/c1-2-4-8-7(3-1)9-5-6-10-8;1-4(2)3/h1-6,9H;1H2,(H,2,3)/p-1. The van der Waals surface area contributed by atoms with Crippen LogP contribution in [0.4, 0.5) is 5.69 Å². The van der Waals surface area contributed by atoms with Gasteiger partial charge in [0.15, 0.2) is 0 Å². The highest BCUT2D eigenvalue weighted by molar-refractivity contribution is 7.76. The number of anilines is 1. The normalized spacial score (nSPS) is 13.9. The molecule has 0 aliphatic carbocycles. The number of nitrogens with one attached hydrogen (secondary N) is 1. The van der Waals surface area contributed by atoms with Crippen LogP contribution < -0.4 is 15.2 Å². The van der Waals surface area contributed by atoms with E-state index < -0.39 is 11.3 Å². The van der Waals surface area contributed by atoms with Crippen LogP contribution in [0.2, 0.25) is 0 Å². The summed E-state index contributed by atoms with van der Waals surface area (Å²) in [7, 11) is 0. The highest BCUT2D eigenvalue weighted by atomic mass is 32.2. The topological polar surface area (TPSA) is 87.4 Å². The van der Waals surface area contributed by atoms with Crippen LogP contribution in [0.15, 0.2) is 36.7 Å². The van der Waals surface area contributed by atoms with Gasteiger partial charge in [0.25, 0.3) is 0 Å². The number of fused-ring (bicyclic) bond motifs is 1. The van der Waals surface area contributed by atoms with Gasteiger partial charge in [0, 0.05) is 17.5 Å². The first-order valence-electron chi connectivity index (χ1n) is 3.71. The lowest BCUT2D eigenvalue weighted by molar-refractivity contribution is 0.477. The van der Waals surface area contributed by atoms with Crippen LogP contribution in [0.5, 0.6) is 5.75 Å². The van der Waals surface area contributed by atoms with E-state index in [0.717, 1.165) is 11.4 Å². The summed E-state index contributed by atoms with van der Waals surface area (Å²) in [5, 5.41) is 7.08.